The first-order valence-electron chi connectivity index (χ1n) is 7.31. The molecule has 5 heteroatoms. The third kappa shape index (κ3) is 5.42. The Morgan fingerprint density at radius 3 is 2.58 bits per heavy atom. The van der Waals surface area contributed by atoms with Crippen LogP contribution in [0.3, 0.4) is 0 Å². The van der Waals surface area contributed by atoms with Crippen LogP contribution in [0.25, 0.3) is 0 Å². The Balaban J connectivity index is 1.62. The van der Waals surface area contributed by atoms with Gasteiger partial charge < -0.3 is 5.32 Å². The number of nitrogens with zero attached hydrogens (tertiary/aromatic N) is 3. The molecule has 0 atom stereocenters. The maximum atomic E-state index is 11.9. The van der Waals surface area contributed by atoms with Crippen molar-refractivity contribution in [1.29, 1.82) is 0 Å². The lowest BCUT2D eigenvalue weighted by molar-refractivity contribution is -0.122. The van der Waals surface area contributed by atoms with Gasteiger partial charge in [0.05, 0.1) is 13.1 Å². The molecule has 5 nitrogen and oxygen atoms in total. The lowest BCUT2D eigenvalue weighted by Crippen LogP contribution is -2.39. The molecule has 0 unspecified atom stereocenters. The number of likely N-dealkylation sites (tertiary alicyclic amines) is 1. The minimum atomic E-state index is 0.132. The first kappa shape index (κ1) is 14.1. The molecule has 1 amide bonds. The highest BCUT2D eigenvalue weighted by molar-refractivity contribution is 5.77. The molecule has 1 fully saturated rings. The number of nitrogens with one attached hydrogen (secondary N) is 1. The van der Waals surface area contributed by atoms with E-state index >= 15 is 0 Å². The van der Waals surface area contributed by atoms with Crippen molar-refractivity contribution in [2.75, 3.05) is 26.2 Å². The zero-order valence-corrected chi connectivity index (χ0v) is 11.6. The highest BCUT2D eigenvalue weighted by Gasteiger charge is 2.11. The van der Waals surface area contributed by atoms with Crippen LogP contribution in [0.15, 0.2) is 18.5 Å². The number of hydrogen-bond donors (Lipinski definition) is 1. The number of rotatable bonds is 5. The Kier molecular flexibility index (Phi) is 5.88. The highest BCUT2D eigenvalue weighted by atomic mass is 16.2. The number of amides is 1. The number of carbonyl (C=O) groups is 1. The molecule has 0 radical (unpaired) electrons. The molecule has 0 saturated carbocycles. The number of aromatic nitrogens is 2. The number of hydrogen-bond acceptors (Lipinski definition) is 3. The fraction of sp³-hybridized carbons (Fsp3) is 0.714. The Labute approximate surface area is 115 Å². The van der Waals surface area contributed by atoms with E-state index in [1.807, 2.05) is 16.9 Å². The van der Waals surface area contributed by atoms with Gasteiger partial charge >= 0.3 is 0 Å². The minimum absolute atomic E-state index is 0.132. The Morgan fingerprint density at radius 2 is 1.89 bits per heavy atom. The fourth-order valence-corrected chi connectivity index (χ4v) is 2.47. The molecule has 1 aromatic heterocycles. The molecular weight excluding hydrogens is 240 g/mol. The van der Waals surface area contributed by atoms with Crippen molar-refractivity contribution < 1.29 is 4.79 Å². The van der Waals surface area contributed by atoms with Gasteiger partial charge in [0.25, 0.3) is 0 Å². The molecule has 2 rings (SSSR count). The lowest BCUT2D eigenvalue weighted by Gasteiger charge is -2.23. The summed E-state index contributed by atoms with van der Waals surface area (Å²) >= 11 is 0. The van der Waals surface area contributed by atoms with Crippen LogP contribution in [-0.2, 0) is 11.3 Å². The van der Waals surface area contributed by atoms with Gasteiger partial charge in [-0.25, -0.2) is 0 Å². The molecule has 1 N–H and O–H groups in total. The van der Waals surface area contributed by atoms with Crippen LogP contribution in [0, 0.1) is 0 Å². The predicted octanol–water partition coefficient (Wildman–Crippen LogP) is 1.27. The summed E-state index contributed by atoms with van der Waals surface area (Å²) in [7, 11) is 0. The lowest BCUT2D eigenvalue weighted by atomic mass is 10.1. The van der Waals surface area contributed by atoms with Crippen LogP contribution in [0.1, 0.15) is 32.1 Å². The normalized spacial score (nSPS) is 17.7. The van der Waals surface area contributed by atoms with Crippen molar-refractivity contribution in [3.63, 3.8) is 0 Å². The third-order valence-corrected chi connectivity index (χ3v) is 3.54. The number of carbonyl (C=O) groups excluding carboxylic acids is 1. The second-order valence-corrected chi connectivity index (χ2v) is 5.16. The monoisotopic (exact) mass is 264 g/mol. The average molecular weight is 264 g/mol. The van der Waals surface area contributed by atoms with E-state index in [0.717, 1.165) is 19.6 Å². The van der Waals surface area contributed by atoms with Crippen molar-refractivity contribution in [3.05, 3.63) is 18.5 Å². The van der Waals surface area contributed by atoms with Gasteiger partial charge in [0.15, 0.2) is 0 Å². The van der Waals surface area contributed by atoms with E-state index in [9.17, 15) is 4.79 Å². The summed E-state index contributed by atoms with van der Waals surface area (Å²) < 4.78 is 1.83. The summed E-state index contributed by atoms with van der Waals surface area (Å²) in [6, 6.07) is 1.89. The molecule has 1 aromatic rings. The SMILES string of the molecule is O=C(CN1CCCCCCC1)NCCn1cccn1. The molecule has 106 valence electrons. The van der Waals surface area contributed by atoms with Gasteiger partial charge in [0.2, 0.25) is 5.91 Å². The van der Waals surface area contributed by atoms with Crippen LogP contribution in [0.2, 0.25) is 0 Å². The van der Waals surface area contributed by atoms with Gasteiger partial charge in [-0.1, -0.05) is 19.3 Å². The van der Waals surface area contributed by atoms with Gasteiger partial charge in [0.1, 0.15) is 0 Å². The molecule has 1 aliphatic rings. The van der Waals surface area contributed by atoms with Gasteiger partial charge in [0, 0.05) is 18.9 Å². The van der Waals surface area contributed by atoms with Crippen LogP contribution < -0.4 is 5.32 Å². The van der Waals surface area contributed by atoms with E-state index in [1.165, 1.54) is 32.1 Å². The molecule has 1 aliphatic heterocycles. The standard InChI is InChI=1S/C14H24N4O/c19-14(15-8-12-18-11-6-7-16-18)13-17-9-4-2-1-3-5-10-17/h6-7,11H,1-5,8-10,12-13H2,(H,15,19). The van der Waals surface area contributed by atoms with Crippen LogP contribution >= 0.6 is 0 Å². The van der Waals surface area contributed by atoms with Gasteiger partial charge in [-0.15, -0.1) is 0 Å². The Morgan fingerprint density at radius 1 is 1.16 bits per heavy atom. The summed E-state index contributed by atoms with van der Waals surface area (Å²) in [4.78, 5) is 14.1. The van der Waals surface area contributed by atoms with E-state index < -0.39 is 0 Å². The average Bonchev–Trinajstić information content (AvgIpc) is 2.85. The molecular formula is C14H24N4O. The van der Waals surface area contributed by atoms with E-state index in [1.54, 1.807) is 6.20 Å². The van der Waals surface area contributed by atoms with Crippen molar-refractivity contribution in [2.24, 2.45) is 0 Å². The Bertz CT molecular complexity index is 356. The van der Waals surface area contributed by atoms with Gasteiger partial charge in [-0.05, 0) is 32.0 Å². The minimum Gasteiger partial charge on any atom is -0.353 e. The third-order valence-electron chi connectivity index (χ3n) is 3.54. The maximum Gasteiger partial charge on any atom is 0.234 e. The summed E-state index contributed by atoms with van der Waals surface area (Å²) in [5.74, 6) is 0.132. The topological polar surface area (TPSA) is 50.2 Å². The maximum absolute atomic E-state index is 11.9. The predicted molar refractivity (Wildman–Crippen MR) is 74.8 cm³/mol. The highest BCUT2D eigenvalue weighted by Crippen LogP contribution is 2.09. The smallest absolute Gasteiger partial charge is 0.234 e. The van der Waals surface area contributed by atoms with Crippen molar-refractivity contribution in [3.8, 4) is 0 Å². The molecule has 0 aromatic carbocycles. The van der Waals surface area contributed by atoms with Crippen LogP contribution in [-0.4, -0.2) is 46.8 Å². The van der Waals surface area contributed by atoms with Gasteiger partial charge in [-0.3, -0.25) is 14.4 Å². The van der Waals surface area contributed by atoms with E-state index in [2.05, 4.69) is 15.3 Å². The second kappa shape index (κ2) is 7.94. The van der Waals surface area contributed by atoms with Crippen molar-refractivity contribution in [2.45, 2.75) is 38.6 Å². The van der Waals surface area contributed by atoms with Crippen LogP contribution in [0.5, 0.6) is 0 Å². The van der Waals surface area contributed by atoms with E-state index in [0.29, 0.717) is 13.1 Å². The fourth-order valence-electron chi connectivity index (χ4n) is 2.47. The van der Waals surface area contributed by atoms with Gasteiger partial charge in [-0.2, -0.15) is 5.10 Å². The summed E-state index contributed by atoms with van der Waals surface area (Å²) in [6.45, 7) is 4.05. The quantitative estimate of drug-likeness (QED) is 0.871. The second-order valence-electron chi connectivity index (χ2n) is 5.16. The van der Waals surface area contributed by atoms with Crippen molar-refractivity contribution >= 4 is 5.91 Å². The summed E-state index contributed by atoms with van der Waals surface area (Å²) in [5, 5.41) is 7.07. The molecule has 1 saturated heterocycles. The molecule has 0 bridgehead atoms. The van der Waals surface area contributed by atoms with Crippen molar-refractivity contribution in [1.82, 2.24) is 20.0 Å². The first-order valence-corrected chi connectivity index (χ1v) is 7.31. The summed E-state index contributed by atoms with van der Waals surface area (Å²) in [5.41, 5.74) is 0. The molecule has 0 aliphatic carbocycles. The Hall–Kier alpha value is -1.36. The zero-order chi connectivity index (χ0) is 13.3. The molecule has 0 spiro atoms. The van der Waals surface area contributed by atoms with Crippen LogP contribution in [0.4, 0.5) is 0 Å². The molecule has 2 heterocycles. The first-order chi connectivity index (χ1) is 9.34. The molecule has 19 heavy (non-hydrogen) atoms. The van der Waals surface area contributed by atoms with E-state index in [4.69, 9.17) is 0 Å². The zero-order valence-electron chi connectivity index (χ0n) is 11.6. The largest absolute Gasteiger partial charge is 0.353 e. The van der Waals surface area contributed by atoms with E-state index in [-0.39, 0.29) is 5.91 Å². The summed E-state index contributed by atoms with van der Waals surface area (Å²) in [6.07, 6.45) is 10.1.